The van der Waals surface area contributed by atoms with Gasteiger partial charge in [0.2, 0.25) is 6.41 Å². The van der Waals surface area contributed by atoms with Crippen LogP contribution in [0.3, 0.4) is 0 Å². The summed E-state index contributed by atoms with van der Waals surface area (Å²) in [5, 5.41) is 1.43. The van der Waals surface area contributed by atoms with E-state index < -0.39 is 0 Å². The van der Waals surface area contributed by atoms with Crippen molar-refractivity contribution in [2.45, 2.75) is 19.3 Å². The fourth-order valence-corrected chi connectivity index (χ4v) is 0.871. The van der Waals surface area contributed by atoms with E-state index in [2.05, 4.69) is 10.2 Å². The smallest absolute Gasteiger partial charge is 0.305 e. The maximum atomic E-state index is 10.7. The van der Waals surface area contributed by atoms with Crippen molar-refractivity contribution in [3.05, 3.63) is 0 Å². The van der Waals surface area contributed by atoms with Crippen LogP contribution in [0.25, 0.3) is 0 Å². The first-order valence-corrected chi connectivity index (χ1v) is 4.20. The van der Waals surface area contributed by atoms with Crippen LogP contribution in [0.5, 0.6) is 0 Å². The molecule has 0 fully saturated rings. The number of carbonyl (C=O) groups excluding carboxylic acids is 2. The van der Waals surface area contributed by atoms with Crippen LogP contribution in [0.1, 0.15) is 19.3 Å². The van der Waals surface area contributed by atoms with E-state index in [1.165, 1.54) is 12.1 Å². The maximum absolute atomic E-state index is 10.7. The molecule has 76 valence electrons. The van der Waals surface area contributed by atoms with Crippen molar-refractivity contribution in [3.63, 3.8) is 0 Å². The largest absolute Gasteiger partial charge is 0.469 e. The molecule has 0 aromatic carbocycles. The number of unbranched alkanes of at least 4 members (excludes halogenated alkanes) is 1. The molecule has 0 rings (SSSR count). The fourth-order valence-electron chi connectivity index (χ4n) is 0.871. The molecule has 0 aliphatic heterocycles. The molecule has 0 aromatic rings. The van der Waals surface area contributed by atoms with Crippen molar-refractivity contribution in [2.24, 2.45) is 0 Å². The summed E-state index contributed by atoms with van der Waals surface area (Å²) in [4.78, 5) is 21.0. The molecule has 0 unspecified atom stereocenters. The average molecular weight is 188 g/mol. The van der Waals surface area contributed by atoms with Crippen LogP contribution in [-0.2, 0) is 14.3 Å². The highest BCUT2D eigenvalue weighted by Gasteiger charge is 2.01. The first kappa shape index (κ1) is 11.9. The van der Waals surface area contributed by atoms with Crippen LogP contribution in [0, 0.1) is 0 Å². The minimum atomic E-state index is -0.206. The van der Waals surface area contributed by atoms with Gasteiger partial charge in [0.05, 0.1) is 7.11 Å². The summed E-state index contributed by atoms with van der Waals surface area (Å²) in [5.41, 5.74) is 2.70. The van der Waals surface area contributed by atoms with Gasteiger partial charge in [-0.15, -0.1) is 0 Å². The molecular formula is C8H16N2O3. The van der Waals surface area contributed by atoms with Crippen molar-refractivity contribution >= 4 is 12.4 Å². The number of methoxy groups -OCH3 is 1. The lowest BCUT2D eigenvalue weighted by Crippen LogP contribution is -2.34. The Labute approximate surface area is 78.0 Å². The van der Waals surface area contributed by atoms with E-state index in [-0.39, 0.29) is 5.97 Å². The van der Waals surface area contributed by atoms with Crippen LogP contribution in [0.4, 0.5) is 0 Å². The summed E-state index contributed by atoms with van der Waals surface area (Å²) < 4.78 is 4.47. The van der Waals surface area contributed by atoms with Crippen LogP contribution >= 0.6 is 0 Å². The molecule has 0 atom stereocenters. The van der Waals surface area contributed by atoms with Gasteiger partial charge < -0.3 is 4.74 Å². The number of carbonyl (C=O) groups is 2. The summed E-state index contributed by atoms with van der Waals surface area (Å²) in [6, 6.07) is 0. The zero-order chi connectivity index (χ0) is 10.1. The van der Waals surface area contributed by atoms with Gasteiger partial charge in [0.1, 0.15) is 0 Å². The second-order valence-electron chi connectivity index (χ2n) is 2.56. The van der Waals surface area contributed by atoms with Gasteiger partial charge in [-0.25, -0.2) is 5.43 Å². The Morgan fingerprint density at radius 3 is 2.69 bits per heavy atom. The van der Waals surface area contributed by atoms with Crippen molar-refractivity contribution in [1.82, 2.24) is 10.4 Å². The van der Waals surface area contributed by atoms with E-state index in [0.29, 0.717) is 13.0 Å². The van der Waals surface area contributed by atoms with Gasteiger partial charge in [-0.2, -0.15) is 0 Å². The highest BCUT2D eigenvalue weighted by Crippen LogP contribution is 1.97. The number of amides is 1. The highest BCUT2D eigenvalue weighted by molar-refractivity contribution is 5.68. The third-order valence-electron chi connectivity index (χ3n) is 1.67. The quantitative estimate of drug-likeness (QED) is 0.263. The van der Waals surface area contributed by atoms with Crippen LogP contribution < -0.4 is 5.43 Å². The third-order valence-corrected chi connectivity index (χ3v) is 1.67. The minimum Gasteiger partial charge on any atom is -0.469 e. The third kappa shape index (κ3) is 6.10. The molecule has 0 heterocycles. The molecule has 0 aromatic heterocycles. The Kier molecular flexibility index (Phi) is 6.91. The van der Waals surface area contributed by atoms with Crippen molar-refractivity contribution < 1.29 is 14.3 Å². The molecule has 1 amide bonds. The lowest BCUT2D eigenvalue weighted by atomic mass is 10.2. The summed E-state index contributed by atoms with van der Waals surface area (Å²) in [7, 11) is 3.04. The predicted octanol–water partition coefficient (Wildman–Crippen LogP) is -0.0775. The molecule has 0 spiro atoms. The summed E-state index contributed by atoms with van der Waals surface area (Å²) in [5.74, 6) is -0.206. The molecule has 5 nitrogen and oxygen atoms in total. The van der Waals surface area contributed by atoms with Gasteiger partial charge in [-0.1, -0.05) is 0 Å². The second-order valence-corrected chi connectivity index (χ2v) is 2.56. The summed E-state index contributed by atoms with van der Waals surface area (Å²) >= 11 is 0. The molecule has 0 saturated carbocycles. The Morgan fingerprint density at radius 1 is 1.54 bits per heavy atom. The van der Waals surface area contributed by atoms with Gasteiger partial charge in [0.15, 0.2) is 0 Å². The van der Waals surface area contributed by atoms with Crippen LogP contribution in [0.15, 0.2) is 0 Å². The number of nitrogens with zero attached hydrogens (tertiary/aromatic N) is 1. The van der Waals surface area contributed by atoms with E-state index in [4.69, 9.17) is 0 Å². The van der Waals surface area contributed by atoms with Gasteiger partial charge in [0, 0.05) is 20.0 Å². The van der Waals surface area contributed by atoms with Crippen LogP contribution in [-0.4, -0.2) is 38.1 Å². The number of hydrogen-bond acceptors (Lipinski definition) is 4. The number of esters is 1. The van der Waals surface area contributed by atoms with Crippen molar-refractivity contribution in [2.75, 3.05) is 20.7 Å². The van der Waals surface area contributed by atoms with Crippen molar-refractivity contribution in [3.8, 4) is 0 Å². The van der Waals surface area contributed by atoms with Gasteiger partial charge in [-0.3, -0.25) is 14.6 Å². The molecule has 1 N–H and O–H groups in total. The fraction of sp³-hybridized carbons (Fsp3) is 0.750. The van der Waals surface area contributed by atoms with Gasteiger partial charge in [0.25, 0.3) is 0 Å². The van der Waals surface area contributed by atoms with Gasteiger partial charge in [-0.05, 0) is 12.8 Å². The predicted molar refractivity (Wildman–Crippen MR) is 47.7 cm³/mol. The Bertz CT molecular complexity index is 161. The molecule has 5 heteroatoms. The molecule has 0 radical (unpaired) electrons. The van der Waals surface area contributed by atoms with Gasteiger partial charge >= 0.3 is 5.97 Å². The Morgan fingerprint density at radius 2 is 2.23 bits per heavy atom. The Hall–Kier alpha value is -1.10. The van der Waals surface area contributed by atoms with E-state index in [1.807, 2.05) is 0 Å². The molecule has 0 aliphatic rings. The monoisotopic (exact) mass is 188 g/mol. The van der Waals surface area contributed by atoms with Crippen molar-refractivity contribution in [1.29, 1.82) is 0 Å². The zero-order valence-corrected chi connectivity index (χ0v) is 8.08. The zero-order valence-electron chi connectivity index (χ0n) is 8.08. The summed E-state index contributed by atoms with van der Waals surface area (Å²) in [6.07, 6.45) is 2.65. The lowest BCUT2D eigenvalue weighted by Gasteiger charge is -2.14. The topological polar surface area (TPSA) is 58.6 Å². The first-order valence-electron chi connectivity index (χ1n) is 4.20. The number of rotatable bonds is 7. The Balaban J connectivity index is 3.33. The number of ether oxygens (including phenoxy) is 1. The highest BCUT2D eigenvalue weighted by atomic mass is 16.5. The standard InChI is InChI=1S/C8H16N2O3/c1-9-10(7-11)6-4-3-5-8(12)13-2/h7,9H,3-6H2,1-2H3. The maximum Gasteiger partial charge on any atom is 0.305 e. The summed E-state index contributed by atoms with van der Waals surface area (Å²) in [6.45, 7) is 0.608. The molecule has 0 aliphatic carbocycles. The molecular weight excluding hydrogens is 172 g/mol. The number of nitrogens with one attached hydrogen (secondary N) is 1. The second kappa shape index (κ2) is 7.54. The molecule has 0 saturated heterocycles. The number of hydrazine groups is 1. The number of hydrogen-bond donors (Lipinski definition) is 1. The van der Waals surface area contributed by atoms with E-state index >= 15 is 0 Å². The van der Waals surface area contributed by atoms with E-state index in [0.717, 1.165) is 19.3 Å². The van der Waals surface area contributed by atoms with Crippen LogP contribution in [0.2, 0.25) is 0 Å². The normalized spacial score (nSPS) is 9.38. The molecule has 13 heavy (non-hydrogen) atoms. The SMILES string of the molecule is CNN(C=O)CCCCC(=O)OC. The van der Waals surface area contributed by atoms with E-state index in [9.17, 15) is 9.59 Å². The molecule has 0 bridgehead atoms. The lowest BCUT2D eigenvalue weighted by molar-refractivity contribution is -0.140. The van der Waals surface area contributed by atoms with E-state index in [1.54, 1.807) is 7.05 Å². The first-order chi connectivity index (χ1) is 6.24. The minimum absolute atomic E-state index is 0.206. The average Bonchev–Trinajstić information content (AvgIpc) is 2.18.